The van der Waals surface area contributed by atoms with Gasteiger partial charge in [-0.15, -0.1) is 0 Å². The van der Waals surface area contributed by atoms with Gasteiger partial charge in [0, 0.05) is 35.0 Å². The number of unbranched alkanes of at least 4 members (excludes halogenated alkanes) is 1. The number of aliphatic hydroxyl groups excluding tert-OH is 1. The van der Waals surface area contributed by atoms with Crippen molar-refractivity contribution in [2.24, 2.45) is 5.41 Å². The first-order chi connectivity index (χ1) is 16.0. The molecule has 0 spiro atoms. The molecule has 0 unspecified atom stereocenters. The number of benzene rings is 2. The number of nitriles is 1. The lowest BCUT2D eigenvalue weighted by molar-refractivity contribution is -0.125. The summed E-state index contributed by atoms with van der Waals surface area (Å²) in [5, 5.41) is 25.0. The van der Waals surface area contributed by atoms with Gasteiger partial charge in [-0.05, 0) is 67.0 Å². The Morgan fingerprint density at radius 3 is 2.35 bits per heavy atom. The molecular weight excluding hydrogens is 467 g/mol. The molecule has 4 atom stereocenters. The molecule has 2 aromatic rings. The molecule has 3 rings (SSSR count). The molecule has 1 fully saturated rings. The molecule has 0 bridgehead atoms. The van der Waals surface area contributed by atoms with Gasteiger partial charge in [-0.1, -0.05) is 68.2 Å². The zero-order valence-electron chi connectivity index (χ0n) is 20.4. The van der Waals surface area contributed by atoms with E-state index in [-0.39, 0.29) is 23.8 Å². The monoisotopic (exact) mass is 500 g/mol. The van der Waals surface area contributed by atoms with Crippen molar-refractivity contribution in [2.75, 3.05) is 6.61 Å². The van der Waals surface area contributed by atoms with Gasteiger partial charge >= 0.3 is 0 Å². The van der Waals surface area contributed by atoms with Crippen LogP contribution in [0.15, 0.2) is 48.5 Å². The average Bonchev–Trinajstić information content (AvgIpc) is 3.02. The Morgan fingerprint density at radius 1 is 1.12 bits per heavy atom. The van der Waals surface area contributed by atoms with Gasteiger partial charge in [0.25, 0.3) is 0 Å². The van der Waals surface area contributed by atoms with Crippen LogP contribution >= 0.6 is 23.2 Å². The number of aliphatic hydroxyl groups is 1. The van der Waals surface area contributed by atoms with Crippen molar-refractivity contribution >= 4 is 29.0 Å². The van der Waals surface area contributed by atoms with Crippen LogP contribution in [0.1, 0.15) is 70.4 Å². The zero-order valence-corrected chi connectivity index (χ0v) is 21.9. The first kappa shape index (κ1) is 26.7. The minimum atomic E-state index is -1.02. The lowest BCUT2D eigenvalue weighted by Crippen LogP contribution is -2.50. The standard InChI is InChI=1S/C28H34Cl2N2O2/c1-26(2,3)17-23-28(18-31,20-11-13-21(29)14-12-20)25(19-8-7-9-22(30)16-19)27(4,32-23)24(34)10-5-6-15-33/h7-9,11-14,16,23,25,32-33H,5-6,10,15,17H2,1-4H3/t23-,25-,27-,28-/m0/s1. The van der Waals surface area contributed by atoms with Gasteiger partial charge in [-0.25, -0.2) is 0 Å². The molecule has 0 aliphatic carbocycles. The van der Waals surface area contributed by atoms with E-state index in [4.69, 9.17) is 23.2 Å². The zero-order chi connectivity index (χ0) is 25.1. The predicted molar refractivity (Wildman–Crippen MR) is 138 cm³/mol. The molecule has 182 valence electrons. The summed E-state index contributed by atoms with van der Waals surface area (Å²) in [7, 11) is 0. The maximum absolute atomic E-state index is 13.8. The van der Waals surface area contributed by atoms with E-state index in [1.165, 1.54) is 0 Å². The molecule has 4 nitrogen and oxygen atoms in total. The van der Waals surface area contributed by atoms with Crippen LogP contribution in [0.25, 0.3) is 0 Å². The SMILES string of the molecule is CC(C)(C)C[C@@H]1N[C@@](C)(C(=O)CCCCO)[C@H](c2cccc(Cl)c2)[C@@]1(C#N)c1ccc(Cl)cc1. The Balaban J connectivity index is 2.28. The summed E-state index contributed by atoms with van der Waals surface area (Å²) in [4.78, 5) is 13.8. The van der Waals surface area contributed by atoms with Crippen LogP contribution in [-0.2, 0) is 10.2 Å². The Kier molecular flexibility index (Phi) is 8.15. The number of rotatable bonds is 8. The summed E-state index contributed by atoms with van der Waals surface area (Å²) in [6, 6.07) is 17.3. The fourth-order valence-corrected chi connectivity index (χ4v) is 5.85. The Morgan fingerprint density at radius 2 is 1.79 bits per heavy atom. The van der Waals surface area contributed by atoms with Gasteiger partial charge in [0.15, 0.2) is 5.78 Å². The fourth-order valence-electron chi connectivity index (χ4n) is 5.52. The van der Waals surface area contributed by atoms with Crippen LogP contribution in [-0.4, -0.2) is 29.1 Å². The third-order valence-electron chi connectivity index (χ3n) is 6.95. The molecule has 1 aliphatic rings. The molecule has 0 radical (unpaired) electrons. The first-order valence-electron chi connectivity index (χ1n) is 11.8. The number of carbonyl (C=O) groups is 1. The Labute approximate surface area is 213 Å². The highest BCUT2D eigenvalue weighted by Gasteiger charge is 2.64. The largest absolute Gasteiger partial charge is 0.396 e. The number of hydrogen-bond acceptors (Lipinski definition) is 4. The van der Waals surface area contributed by atoms with Crippen LogP contribution in [0.5, 0.6) is 0 Å². The topological polar surface area (TPSA) is 73.1 Å². The highest BCUT2D eigenvalue weighted by Crippen LogP contribution is 2.55. The summed E-state index contributed by atoms with van der Waals surface area (Å²) in [5.74, 6) is -0.435. The number of Topliss-reactive ketones (excluding diaryl/α,β-unsaturated/α-hetero) is 1. The van der Waals surface area contributed by atoms with Gasteiger partial charge in [0.2, 0.25) is 0 Å². The number of carbonyl (C=O) groups excluding carboxylic acids is 1. The summed E-state index contributed by atoms with van der Waals surface area (Å²) in [5.41, 5.74) is -0.421. The normalized spacial score (nSPS) is 26.9. The highest BCUT2D eigenvalue weighted by molar-refractivity contribution is 6.30. The van der Waals surface area contributed by atoms with Gasteiger partial charge in [0.05, 0.1) is 11.6 Å². The van der Waals surface area contributed by atoms with E-state index in [1.807, 2.05) is 37.3 Å². The molecule has 0 aromatic heterocycles. The van der Waals surface area contributed by atoms with Crippen molar-refractivity contribution in [3.05, 3.63) is 69.7 Å². The second-order valence-corrected chi connectivity index (χ2v) is 11.6. The van der Waals surface area contributed by atoms with E-state index in [0.29, 0.717) is 35.7 Å². The molecule has 1 aliphatic heterocycles. The number of ketones is 1. The lowest BCUT2D eigenvalue weighted by Gasteiger charge is -2.39. The molecule has 34 heavy (non-hydrogen) atoms. The molecule has 2 aromatic carbocycles. The van der Waals surface area contributed by atoms with Crippen molar-refractivity contribution in [1.82, 2.24) is 5.32 Å². The summed E-state index contributed by atoms with van der Waals surface area (Å²) in [6.07, 6.45) is 2.18. The van der Waals surface area contributed by atoms with E-state index < -0.39 is 16.9 Å². The quantitative estimate of drug-likeness (QED) is 0.409. The van der Waals surface area contributed by atoms with Crippen molar-refractivity contribution in [1.29, 1.82) is 5.26 Å². The van der Waals surface area contributed by atoms with Crippen LogP contribution in [0.2, 0.25) is 10.0 Å². The molecule has 1 saturated heterocycles. The average molecular weight is 501 g/mol. The van der Waals surface area contributed by atoms with E-state index in [2.05, 4.69) is 32.2 Å². The van der Waals surface area contributed by atoms with E-state index in [9.17, 15) is 15.2 Å². The maximum Gasteiger partial charge on any atom is 0.153 e. The molecule has 1 heterocycles. The molecule has 0 amide bonds. The second-order valence-electron chi connectivity index (χ2n) is 10.7. The van der Waals surface area contributed by atoms with Crippen LogP contribution in [0, 0.1) is 16.7 Å². The molecule has 6 heteroatoms. The number of halogens is 2. The maximum atomic E-state index is 13.8. The van der Waals surface area contributed by atoms with Gasteiger partial charge in [-0.3, -0.25) is 10.1 Å². The third kappa shape index (κ3) is 5.19. The summed E-state index contributed by atoms with van der Waals surface area (Å²) >= 11 is 12.6. The van der Waals surface area contributed by atoms with Gasteiger partial charge in [-0.2, -0.15) is 5.26 Å². The van der Waals surface area contributed by atoms with Crippen LogP contribution in [0.4, 0.5) is 0 Å². The smallest absolute Gasteiger partial charge is 0.153 e. The summed E-state index contributed by atoms with van der Waals surface area (Å²) < 4.78 is 0. The Bertz CT molecular complexity index is 1060. The number of nitrogens with zero attached hydrogens (tertiary/aromatic N) is 1. The fraction of sp³-hybridized carbons (Fsp3) is 0.500. The molecule has 0 saturated carbocycles. The number of hydrogen-bond donors (Lipinski definition) is 2. The van der Waals surface area contributed by atoms with Crippen LogP contribution < -0.4 is 5.32 Å². The minimum absolute atomic E-state index is 0.0379. The Hall–Kier alpha value is -1.90. The third-order valence-corrected chi connectivity index (χ3v) is 7.44. The van der Waals surface area contributed by atoms with E-state index >= 15 is 0 Å². The lowest BCUT2D eigenvalue weighted by atomic mass is 9.60. The van der Waals surface area contributed by atoms with Gasteiger partial charge < -0.3 is 5.11 Å². The molecular formula is C28H34Cl2N2O2. The molecule has 2 N–H and O–H groups in total. The van der Waals surface area contributed by atoms with E-state index in [1.54, 1.807) is 18.2 Å². The number of nitrogens with one attached hydrogen (secondary N) is 1. The minimum Gasteiger partial charge on any atom is -0.396 e. The van der Waals surface area contributed by atoms with Crippen molar-refractivity contribution in [2.45, 2.75) is 76.3 Å². The highest BCUT2D eigenvalue weighted by atomic mass is 35.5. The second kappa shape index (κ2) is 10.4. The first-order valence-corrected chi connectivity index (χ1v) is 12.6. The van der Waals surface area contributed by atoms with Crippen molar-refractivity contribution < 1.29 is 9.90 Å². The van der Waals surface area contributed by atoms with Crippen LogP contribution in [0.3, 0.4) is 0 Å². The van der Waals surface area contributed by atoms with E-state index in [0.717, 1.165) is 11.1 Å². The van der Waals surface area contributed by atoms with Crippen molar-refractivity contribution in [3.63, 3.8) is 0 Å². The van der Waals surface area contributed by atoms with Crippen molar-refractivity contribution in [3.8, 4) is 6.07 Å². The predicted octanol–water partition coefficient (Wildman–Crippen LogP) is 6.44. The van der Waals surface area contributed by atoms with Gasteiger partial charge in [0.1, 0.15) is 5.41 Å². The summed E-state index contributed by atoms with van der Waals surface area (Å²) in [6.45, 7) is 8.41.